The van der Waals surface area contributed by atoms with E-state index in [-0.39, 0.29) is 12.1 Å². The van der Waals surface area contributed by atoms with Crippen molar-refractivity contribution < 1.29 is 14.3 Å². The first-order chi connectivity index (χ1) is 10.8. The van der Waals surface area contributed by atoms with E-state index in [2.05, 4.69) is 15.5 Å². The minimum absolute atomic E-state index is 0.139. The van der Waals surface area contributed by atoms with Crippen LogP contribution in [-0.2, 0) is 20.8 Å². The van der Waals surface area contributed by atoms with Crippen LogP contribution in [0.4, 0.5) is 0 Å². The second-order valence-corrected chi connectivity index (χ2v) is 6.71. The topological polar surface area (TPSA) is 79.1 Å². The van der Waals surface area contributed by atoms with Crippen molar-refractivity contribution >= 4 is 29.1 Å². The van der Waals surface area contributed by atoms with E-state index >= 15 is 0 Å². The van der Waals surface area contributed by atoms with Crippen molar-refractivity contribution in [3.8, 4) is 0 Å². The molecule has 1 saturated heterocycles. The van der Waals surface area contributed by atoms with E-state index in [9.17, 15) is 4.79 Å². The number of tetrazole rings is 1. The van der Waals surface area contributed by atoms with E-state index in [1.54, 1.807) is 4.68 Å². The van der Waals surface area contributed by atoms with E-state index in [0.29, 0.717) is 11.7 Å². The van der Waals surface area contributed by atoms with Gasteiger partial charge in [0.25, 0.3) is 0 Å². The molecular weight excluding hydrogens is 324 g/mol. The van der Waals surface area contributed by atoms with Gasteiger partial charge < -0.3 is 9.47 Å². The van der Waals surface area contributed by atoms with Gasteiger partial charge in [0.1, 0.15) is 5.25 Å². The molecule has 0 saturated carbocycles. The third kappa shape index (κ3) is 3.47. The maximum Gasteiger partial charge on any atom is 0.323 e. The largest absolute Gasteiger partial charge is 0.468 e. The lowest BCUT2D eigenvalue weighted by Crippen LogP contribution is -2.18. The van der Waals surface area contributed by atoms with Gasteiger partial charge in [-0.05, 0) is 45.7 Å². The highest BCUT2D eigenvalue weighted by Gasteiger charge is 2.27. The van der Waals surface area contributed by atoms with Gasteiger partial charge in [0.2, 0.25) is 5.16 Å². The van der Waals surface area contributed by atoms with Crippen molar-refractivity contribution in [2.24, 2.45) is 0 Å². The number of thioether (sulfide) groups is 1. The maximum atomic E-state index is 12.1. The van der Waals surface area contributed by atoms with E-state index in [1.165, 1.54) is 30.2 Å². The minimum atomic E-state index is -0.467. The highest BCUT2D eigenvalue weighted by molar-refractivity contribution is 8.00. The molecule has 0 unspecified atom stereocenters. The number of hydrogen-bond donors (Lipinski definition) is 0. The Morgan fingerprint density at radius 2 is 2.59 bits per heavy atom. The van der Waals surface area contributed by atoms with Gasteiger partial charge in [-0.25, -0.2) is 4.68 Å². The first-order valence-corrected chi connectivity index (χ1v) is 8.74. The number of thiophene rings is 1. The summed E-state index contributed by atoms with van der Waals surface area (Å²) in [4.78, 5) is 12.1. The number of rotatable bonds is 6. The highest BCUT2D eigenvalue weighted by Crippen LogP contribution is 2.36. The Hall–Kier alpha value is -1.45. The standard InChI is InChI=1S/C13H16N4O3S2/c1-19-12(18)11(9-4-6-21-8-9)22-13-14-15-16-17(13)7-10-3-2-5-20-10/h4,6,8,10-11H,2-3,5,7H2,1H3/t10-,11+/m0/s1. The number of hydrogen-bond acceptors (Lipinski definition) is 8. The van der Waals surface area contributed by atoms with Crippen molar-refractivity contribution in [2.45, 2.75) is 35.9 Å². The van der Waals surface area contributed by atoms with E-state index in [1.807, 2.05) is 16.8 Å². The molecule has 1 fully saturated rings. The monoisotopic (exact) mass is 340 g/mol. The predicted molar refractivity (Wildman–Crippen MR) is 81.7 cm³/mol. The van der Waals surface area contributed by atoms with Crippen molar-refractivity contribution in [3.63, 3.8) is 0 Å². The smallest absolute Gasteiger partial charge is 0.323 e. The van der Waals surface area contributed by atoms with Gasteiger partial charge in [-0.15, -0.1) is 5.10 Å². The SMILES string of the molecule is COC(=O)[C@H](Sc1nnnn1C[C@@H]1CCCO1)c1ccsc1. The summed E-state index contributed by atoms with van der Waals surface area (Å²) in [6.07, 6.45) is 2.21. The summed E-state index contributed by atoms with van der Waals surface area (Å²) in [5, 5.41) is 15.7. The zero-order valence-electron chi connectivity index (χ0n) is 12.0. The molecule has 1 aliphatic heterocycles. The van der Waals surface area contributed by atoms with Crippen LogP contribution in [0, 0.1) is 0 Å². The Kier molecular flexibility index (Phi) is 5.06. The molecule has 3 heterocycles. The van der Waals surface area contributed by atoms with Gasteiger partial charge >= 0.3 is 5.97 Å². The summed E-state index contributed by atoms with van der Waals surface area (Å²) >= 11 is 2.84. The van der Waals surface area contributed by atoms with Crippen LogP contribution in [0.2, 0.25) is 0 Å². The third-order valence-electron chi connectivity index (χ3n) is 3.38. The Balaban J connectivity index is 1.75. The van der Waals surface area contributed by atoms with E-state index < -0.39 is 5.25 Å². The fraction of sp³-hybridized carbons (Fsp3) is 0.538. The normalized spacial score (nSPS) is 19.2. The number of ether oxygens (including phenoxy) is 2. The molecule has 0 spiro atoms. The first-order valence-electron chi connectivity index (χ1n) is 6.92. The lowest BCUT2D eigenvalue weighted by atomic mass is 10.2. The van der Waals surface area contributed by atoms with Crippen molar-refractivity contribution in [1.29, 1.82) is 0 Å². The molecule has 22 heavy (non-hydrogen) atoms. The van der Waals surface area contributed by atoms with Gasteiger partial charge in [-0.1, -0.05) is 11.8 Å². The van der Waals surface area contributed by atoms with Gasteiger partial charge in [-0.3, -0.25) is 4.79 Å². The van der Waals surface area contributed by atoms with E-state index in [4.69, 9.17) is 9.47 Å². The molecule has 0 aromatic carbocycles. The predicted octanol–water partition coefficient (Wildman–Crippen LogP) is 1.92. The van der Waals surface area contributed by atoms with Gasteiger partial charge in [0.15, 0.2) is 0 Å². The van der Waals surface area contributed by atoms with Crippen LogP contribution in [-0.4, -0.2) is 46.0 Å². The van der Waals surface area contributed by atoms with Gasteiger partial charge in [0, 0.05) is 6.61 Å². The average molecular weight is 340 g/mol. The molecule has 0 amide bonds. The van der Waals surface area contributed by atoms with Crippen LogP contribution in [0.15, 0.2) is 22.0 Å². The summed E-state index contributed by atoms with van der Waals surface area (Å²) in [5.74, 6) is -0.310. The van der Waals surface area contributed by atoms with Crippen LogP contribution in [0.5, 0.6) is 0 Å². The van der Waals surface area contributed by atoms with Gasteiger partial charge in [0.05, 0.1) is 19.8 Å². The molecule has 0 radical (unpaired) electrons. The number of esters is 1. The summed E-state index contributed by atoms with van der Waals surface area (Å²) in [5.41, 5.74) is 0.897. The quantitative estimate of drug-likeness (QED) is 0.587. The molecule has 0 bridgehead atoms. The highest BCUT2D eigenvalue weighted by atomic mass is 32.2. The minimum Gasteiger partial charge on any atom is -0.468 e. The first kappa shape index (κ1) is 15.4. The van der Waals surface area contributed by atoms with Crippen LogP contribution in [0.1, 0.15) is 23.7 Å². The fourth-order valence-corrected chi connectivity index (χ4v) is 4.04. The van der Waals surface area contributed by atoms with Crippen molar-refractivity contribution in [1.82, 2.24) is 20.2 Å². The Morgan fingerprint density at radius 3 is 3.27 bits per heavy atom. The molecule has 2 aromatic heterocycles. The Bertz CT molecular complexity index is 611. The van der Waals surface area contributed by atoms with Crippen LogP contribution in [0.25, 0.3) is 0 Å². The molecule has 0 aliphatic carbocycles. The number of aromatic nitrogens is 4. The lowest BCUT2D eigenvalue weighted by molar-refractivity contribution is -0.140. The zero-order chi connectivity index (χ0) is 15.4. The van der Waals surface area contributed by atoms with Crippen LogP contribution in [0.3, 0.4) is 0 Å². The van der Waals surface area contributed by atoms with E-state index in [0.717, 1.165) is 25.0 Å². The molecule has 0 N–H and O–H groups in total. The maximum absolute atomic E-state index is 12.1. The van der Waals surface area contributed by atoms with Gasteiger partial charge in [-0.2, -0.15) is 11.3 Å². The molecule has 3 rings (SSSR count). The summed E-state index contributed by atoms with van der Waals surface area (Å²) in [6, 6.07) is 1.91. The molecule has 1 aliphatic rings. The second-order valence-electron chi connectivity index (χ2n) is 4.86. The van der Waals surface area contributed by atoms with Crippen LogP contribution >= 0.6 is 23.1 Å². The Morgan fingerprint density at radius 1 is 1.68 bits per heavy atom. The number of carbonyl (C=O) groups excluding carboxylic acids is 1. The van der Waals surface area contributed by atoms with Crippen molar-refractivity contribution in [3.05, 3.63) is 22.4 Å². The molecule has 2 aromatic rings. The third-order valence-corrected chi connectivity index (χ3v) is 5.29. The molecule has 118 valence electrons. The summed E-state index contributed by atoms with van der Waals surface area (Å²) in [6.45, 7) is 1.39. The lowest BCUT2D eigenvalue weighted by Gasteiger charge is -2.14. The summed E-state index contributed by atoms with van der Waals surface area (Å²) in [7, 11) is 1.39. The molecule has 2 atom stereocenters. The zero-order valence-corrected chi connectivity index (χ0v) is 13.7. The second kappa shape index (κ2) is 7.21. The Labute approximate surface area is 136 Å². The molecular formula is C13H16N4O3S2. The average Bonchev–Trinajstić information content (AvgIpc) is 3.27. The van der Waals surface area contributed by atoms with Crippen molar-refractivity contribution in [2.75, 3.05) is 13.7 Å². The fourth-order valence-electron chi connectivity index (χ4n) is 2.27. The molecule has 9 heteroatoms. The number of carbonyl (C=O) groups is 1. The number of methoxy groups -OCH3 is 1. The van der Waals surface area contributed by atoms with Crippen LogP contribution < -0.4 is 0 Å². The number of nitrogens with zero attached hydrogens (tertiary/aromatic N) is 4. The summed E-state index contributed by atoms with van der Waals surface area (Å²) < 4.78 is 12.2. The molecule has 7 nitrogen and oxygen atoms in total.